The summed E-state index contributed by atoms with van der Waals surface area (Å²) in [5.41, 5.74) is 0.990. The van der Waals surface area contributed by atoms with Crippen molar-refractivity contribution in [1.82, 2.24) is 20.3 Å². The normalized spacial score (nSPS) is 15.2. The molecule has 1 aliphatic rings. The van der Waals surface area contributed by atoms with E-state index < -0.39 is 0 Å². The monoisotopic (exact) mass is 244 g/mol. The van der Waals surface area contributed by atoms with E-state index in [1.807, 2.05) is 31.5 Å². The number of anilines is 3. The van der Waals surface area contributed by atoms with E-state index in [9.17, 15) is 0 Å². The van der Waals surface area contributed by atoms with Gasteiger partial charge in [-0.2, -0.15) is 0 Å². The molecule has 2 aromatic rings. The minimum atomic E-state index is 0.472. The number of nitrogens with one attached hydrogen (secondary N) is 4. The lowest BCUT2D eigenvalue weighted by atomic mass is 10.2. The van der Waals surface area contributed by atoms with Gasteiger partial charge in [-0.05, 0) is 13.0 Å². The largest absolute Gasteiger partial charge is 0.366 e. The third-order valence-corrected chi connectivity index (χ3v) is 2.84. The predicted molar refractivity (Wildman–Crippen MR) is 71.1 cm³/mol. The molecule has 2 aromatic heterocycles. The molecular formula is C12H16N6. The minimum absolute atomic E-state index is 0.472. The van der Waals surface area contributed by atoms with Crippen LogP contribution in [0.4, 0.5) is 17.3 Å². The second-order valence-electron chi connectivity index (χ2n) is 4.41. The summed E-state index contributed by atoms with van der Waals surface area (Å²) in [5, 5.41) is 9.84. The standard InChI is InChI=1S/C12H16N6/c1-8-15-11(17-9-2-3-13-5-9)4-12(16-8)18-10-6-14-7-10/h2-5,10,13-14H,6-7H2,1H3,(H2,15,16,17,18). The Hall–Kier alpha value is -2.08. The number of aromatic nitrogens is 3. The van der Waals surface area contributed by atoms with Crippen LogP contribution in [0, 0.1) is 6.92 Å². The molecule has 0 unspecified atom stereocenters. The van der Waals surface area contributed by atoms with Crippen LogP contribution < -0.4 is 16.0 Å². The highest BCUT2D eigenvalue weighted by molar-refractivity contribution is 5.58. The summed E-state index contributed by atoms with van der Waals surface area (Å²) < 4.78 is 0. The summed E-state index contributed by atoms with van der Waals surface area (Å²) in [6, 6.07) is 4.36. The average molecular weight is 244 g/mol. The fourth-order valence-electron chi connectivity index (χ4n) is 1.86. The van der Waals surface area contributed by atoms with Crippen LogP contribution in [0.25, 0.3) is 0 Å². The summed E-state index contributed by atoms with van der Waals surface area (Å²) in [6.07, 6.45) is 3.76. The molecule has 6 heteroatoms. The van der Waals surface area contributed by atoms with Gasteiger partial charge in [0.1, 0.15) is 17.5 Å². The molecule has 0 aromatic carbocycles. The Balaban J connectivity index is 1.76. The van der Waals surface area contributed by atoms with Crippen molar-refractivity contribution < 1.29 is 0 Å². The van der Waals surface area contributed by atoms with Crippen molar-refractivity contribution in [3.8, 4) is 0 Å². The fraction of sp³-hybridized carbons (Fsp3) is 0.333. The summed E-state index contributed by atoms with van der Waals surface area (Å²) in [6.45, 7) is 3.87. The van der Waals surface area contributed by atoms with E-state index >= 15 is 0 Å². The first-order valence-corrected chi connectivity index (χ1v) is 6.02. The maximum atomic E-state index is 4.39. The van der Waals surface area contributed by atoms with E-state index in [2.05, 4.69) is 30.9 Å². The topological polar surface area (TPSA) is 77.7 Å². The van der Waals surface area contributed by atoms with Crippen LogP contribution in [0.15, 0.2) is 24.5 Å². The van der Waals surface area contributed by atoms with Crippen LogP contribution in [0.5, 0.6) is 0 Å². The maximum absolute atomic E-state index is 4.39. The highest BCUT2D eigenvalue weighted by atomic mass is 15.1. The highest BCUT2D eigenvalue weighted by Crippen LogP contribution is 2.17. The van der Waals surface area contributed by atoms with Gasteiger partial charge in [0.2, 0.25) is 0 Å². The number of hydrogen-bond acceptors (Lipinski definition) is 5. The van der Waals surface area contributed by atoms with Gasteiger partial charge < -0.3 is 20.9 Å². The highest BCUT2D eigenvalue weighted by Gasteiger charge is 2.16. The van der Waals surface area contributed by atoms with Gasteiger partial charge in [0, 0.05) is 31.5 Å². The van der Waals surface area contributed by atoms with Crippen LogP contribution >= 0.6 is 0 Å². The van der Waals surface area contributed by atoms with E-state index in [0.717, 1.165) is 36.2 Å². The molecule has 3 rings (SSSR count). The SMILES string of the molecule is Cc1nc(Nc2cc[nH]c2)cc(NC2CNC2)n1. The molecule has 1 saturated heterocycles. The smallest absolute Gasteiger partial charge is 0.136 e. The van der Waals surface area contributed by atoms with Crippen molar-refractivity contribution in [2.24, 2.45) is 0 Å². The van der Waals surface area contributed by atoms with Gasteiger partial charge in [-0.15, -0.1) is 0 Å². The van der Waals surface area contributed by atoms with Crippen molar-refractivity contribution >= 4 is 17.3 Å². The van der Waals surface area contributed by atoms with Crippen LogP contribution in [0.2, 0.25) is 0 Å². The number of hydrogen-bond donors (Lipinski definition) is 4. The molecule has 4 N–H and O–H groups in total. The van der Waals surface area contributed by atoms with Gasteiger partial charge in [0.25, 0.3) is 0 Å². The summed E-state index contributed by atoms with van der Waals surface area (Å²) >= 11 is 0. The lowest BCUT2D eigenvalue weighted by Gasteiger charge is -2.28. The minimum Gasteiger partial charge on any atom is -0.366 e. The summed E-state index contributed by atoms with van der Waals surface area (Å²) in [4.78, 5) is 11.8. The summed E-state index contributed by atoms with van der Waals surface area (Å²) in [5.74, 6) is 2.43. The molecule has 6 nitrogen and oxygen atoms in total. The van der Waals surface area contributed by atoms with Crippen molar-refractivity contribution in [1.29, 1.82) is 0 Å². The molecule has 0 atom stereocenters. The second-order valence-corrected chi connectivity index (χ2v) is 4.41. The molecular weight excluding hydrogens is 228 g/mol. The molecule has 0 saturated carbocycles. The third-order valence-electron chi connectivity index (χ3n) is 2.84. The first kappa shape index (κ1) is 11.0. The average Bonchev–Trinajstić information content (AvgIpc) is 2.75. The second kappa shape index (κ2) is 4.66. The molecule has 18 heavy (non-hydrogen) atoms. The predicted octanol–water partition coefficient (Wildman–Crippen LogP) is 1.24. The van der Waals surface area contributed by atoms with Gasteiger partial charge in [-0.25, -0.2) is 9.97 Å². The zero-order valence-corrected chi connectivity index (χ0v) is 10.2. The molecule has 0 spiro atoms. The van der Waals surface area contributed by atoms with Gasteiger partial charge in [-0.1, -0.05) is 0 Å². The van der Waals surface area contributed by atoms with E-state index in [-0.39, 0.29) is 0 Å². The first-order chi connectivity index (χ1) is 8.79. The van der Waals surface area contributed by atoms with E-state index in [4.69, 9.17) is 0 Å². The Morgan fingerprint density at radius 3 is 2.78 bits per heavy atom. The molecule has 1 fully saturated rings. The number of rotatable bonds is 4. The number of H-pyrrole nitrogens is 1. The molecule has 0 amide bonds. The zero-order chi connectivity index (χ0) is 12.4. The molecule has 94 valence electrons. The van der Waals surface area contributed by atoms with Crippen molar-refractivity contribution in [3.05, 3.63) is 30.4 Å². The van der Waals surface area contributed by atoms with Crippen molar-refractivity contribution in [2.75, 3.05) is 23.7 Å². The first-order valence-electron chi connectivity index (χ1n) is 6.02. The molecule has 1 aliphatic heterocycles. The van der Waals surface area contributed by atoms with Gasteiger partial charge in [0.05, 0.1) is 11.7 Å². The fourth-order valence-corrected chi connectivity index (χ4v) is 1.86. The Morgan fingerprint density at radius 2 is 2.11 bits per heavy atom. The van der Waals surface area contributed by atoms with Crippen molar-refractivity contribution in [2.45, 2.75) is 13.0 Å². The molecule has 0 radical (unpaired) electrons. The Kier molecular flexibility index (Phi) is 2.85. The van der Waals surface area contributed by atoms with Gasteiger partial charge in [-0.3, -0.25) is 0 Å². The number of nitrogens with zero attached hydrogens (tertiary/aromatic N) is 2. The van der Waals surface area contributed by atoms with Gasteiger partial charge in [0.15, 0.2) is 0 Å². The van der Waals surface area contributed by atoms with Crippen LogP contribution in [0.1, 0.15) is 5.82 Å². The van der Waals surface area contributed by atoms with E-state index in [1.54, 1.807) is 0 Å². The number of aryl methyl sites for hydroxylation is 1. The van der Waals surface area contributed by atoms with Crippen LogP contribution in [-0.4, -0.2) is 34.1 Å². The molecule has 0 bridgehead atoms. The summed E-state index contributed by atoms with van der Waals surface area (Å²) in [7, 11) is 0. The molecule has 0 aliphatic carbocycles. The van der Waals surface area contributed by atoms with E-state index in [0.29, 0.717) is 6.04 Å². The quantitative estimate of drug-likeness (QED) is 0.651. The lowest BCUT2D eigenvalue weighted by molar-refractivity contribution is 0.471. The lowest BCUT2D eigenvalue weighted by Crippen LogP contribution is -2.51. The van der Waals surface area contributed by atoms with Crippen LogP contribution in [0.3, 0.4) is 0 Å². The Bertz CT molecular complexity index is 517. The maximum Gasteiger partial charge on any atom is 0.136 e. The van der Waals surface area contributed by atoms with E-state index in [1.165, 1.54) is 0 Å². The van der Waals surface area contributed by atoms with Crippen LogP contribution in [-0.2, 0) is 0 Å². The van der Waals surface area contributed by atoms with Crippen molar-refractivity contribution in [3.63, 3.8) is 0 Å². The molecule has 3 heterocycles. The Labute approximate surface area is 105 Å². The van der Waals surface area contributed by atoms with Gasteiger partial charge >= 0.3 is 0 Å². The number of aromatic amines is 1. The Morgan fingerprint density at radius 1 is 1.28 bits per heavy atom. The third kappa shape index (κ3) is 2.43. The zero-order valence-electron chi connectivity index (χ0n) is 10.2.